The van der Waals surface area contributed by atoms with Crippen LogP contribution in [0.3, 0.4) is 0 Å². The third-order valence-electron chi connectivity index (χ3n) is 3.32. The summed E-state index contributed by atoms with van der Waals surface area (Å²) in [5.74, 6) is 1.07. The minimum Gasteiger partial charge on any atom is -0.383 e. The smallest absolute Gasteiger partial charge is 0.252 e. The van der Waals surface area contributed by atoms with Gasteiger partial charge in [-0.2, -0.15) is 9.78 Å². The van der Waals surface area contributed by atoms with Crippen molar-refractivity contribution in [3.05, 3.63) is 53.5 Å². The molecule has 3 aromatic rings. The molecule has 0 aliphatic rings. The first-order valence-electron chi connectivity index (χ1n) is 6.79. The zero-order valence-electron chi connectivity index (χ0n) is 12.3. The first-order valence-corrected chi connectivity index (χ1v) is 6.79. The molecule has 0 saturated carbocycles. The second-order valence-electron chi connectivity index (χ2n) is 5.07. The number of hydrogen-bond acceptors (Lipinski definition) is 4. The summed E-state index contributed by atoms with van der Waals surface area (Å²) in [7, 11) is 0. The van der Waals surface area contributed by atoms with Crippen LogP contribution in [0.25, 0.3) is 17.1 Å². The Labute approximate surface area is 123 Å². The van der Waals surface area contributed by atoms with Gasteiger partial charge in [-0.25, -0.2) is 9.97 Å². The van der Waals surface area contributed by atoms with Crippen LogP contribution in [-0.4, -0.2) is 19.7 Å². The van der Waals surface area contributed by atoms with E-state index >= 15 is 0 Å². The number of aryl methyl sites for hydroxylation is 3. The van der Waals surface area contributed by atoms with Gasteiger partial charge in [-0.15, -0.1) is 0 Å². The number of anilines is 1. The molecule has 1 aromatic carbocycles. The lowest BCUT2D eigenvalue weighted by Gasteiger charge is -2.05. The van der Waals surface area contributed by atoms with Gasteiger partial charge < -0.3 is 5.73 Å². The fourth-order valence-corrected chi connectivity index (χ4v) is 2.46. The summed E-state index contributed by atoms with van der Waals surface area (Å²) in [4.78, 5) is 8.85. The van der Waals surface area contributed by atoms with E-state index in [9.17, 15) is 0 Å². The van der Waals surface area contributed by atoms with Crippen molar-refractivity contribution in [3.8, 4) is 17.1 Å². The van der Waals surface area contributed by atoms with Crippen molar-refractivity contribution < 1.29 is 0 Å². The largest absolute Gasteiger partial charge is 0.383 e. The molecular formula is C16H17N5. The van der Waals surface area contributed by atoms with Gasteiger partial charge in [0.15, 0.2) is 0 Å². The molecule has 21 heavy (non-hydrogen) atoms. The molecule has 0 fully saturated rings. The fraction of sp³-hybridized carbons (Fsp3) is 0.188. The maximum Gasteiger partial charge on any atom is 0.252 e. The summed E-state index contributed by atoms with van der Waals surface area (Å²) < 4.78 is 1.61. The van der Waals surface area contributed by atoms with Gasteiger partial charge in [0.2, 0.25) is 0 Å². The van der Waals surface area contributed by atoms with E-state index in [0.29, 0.717) is 11.8 Å². The van der Waals surface area contributed by atoms with Crippen LogP contribution in [0.15, 0.2) is 36.4 Å². The number of nitrogen functional groups attached to an aromatic ring is 1. The third kappa shape index (κ3) is 2.38. The minimum absolute atomic E-state index is 0.510. The predicted octanol–water partition coefficient (Wildman–Crippen LogP) is 2.84. The number of nitrogens with zero attached hydrogens (tertiary/aromatic N) is 4. The molecule has 0 spiro atoms. The monoisotopic (exact) mass is 279 g/mol. The molecule has 0 radical (unpaired) electrons. The Morgan fingerprint density at radius 3 is 2.19 bits per heavy atom. The van der Waals surface area contributed by atoms with E-state index in [0.717, 1.165) is 28.2 Å². The number of hydrogen-bond donors (Lipinski definition) is 1. The van der Waals surface area contributed by atoms with Gasteiger partial charge in [0, 0.05) is 17.0 Å². The number of benzene rings is 1. The second-order valence-corrected chi connectivity index (χ2v) is 5.07. The molecule has 5 nitrogen and oxygen atoms in total. The Morgan fingerprint density at radius 1 is 0.952 bits per heavy atom. The van der Waals surface area contributed by atoms with Crippen LogP contribution >= 0.6 is 0 Å². The standard InChI is InChI=1S/C16H17N5/c1-10-9-11(2)19-16(18-10)21-15(17)14(12(3)20-21)13-7-5-4-6-8-13/h4-9H,17H2,1-3H3. The molecule has 2 N–H and O–H groups in total. The van der Waals surface area contributed by atoms with Crippen LogP contribution in [0.5, 0.6) is 0 Å². The van der Waals surface area contributed by atoms with Crippen molar-refractivity contribution in [3.63, 3.8) is 0 Å². The van der Waals surface area contributed by atoms with Gasteiger partial charge in [0.05, 0.1) is 5.69 Å². The molecule has 5 heteroatoms. The maximum atomic E-state index is 6.29. The van der Waals surface area contributed by atoms with E-state index in [1.54, 1.807) is 4.68 Å². The first kappa shape index (κ1) is 13.3. The molecule has 0 atom stereocenters. The third-order valence-corrected chi connectivity index (χ3v) is 3.32. The quantitative estimate of drug-likeness (QED) is 0.783. The van der Waals surface area contributed by atoms with Crippen LogP contribution in [-0.2, 0) is 0 Å². The highest BCUT2D eigenvalue weighted by Gasteiger charge is 2.17. The van der Waals surface area contributed by atoms with Crippen LogP contribution in [0.1, 0.15) is 17.1 Å². The lowest BCUT2D eigenvalue weighted by molar-refractivity contribution is 0.792. The average molecular weight is 279 g/mol. The zero-order chi connectivity index (χ0) is 15.0. The summed E-state index contributed by atoms with van der Waals surface area (Å²) in [5, 5.41) is 4.51. The van der Waals surface area contributed by atoms with Crippen LogP contribution in [0, 0.1) is 20.8 Å². The van der Waals surface area contributed by atoms with Gasteiger partial charge in [-0.05, 0) is 32.4 Å². The van der Waals surface area contributed by atoms with E-state index in [2.05, 4.69) is 15.1 Å². The molecule has 2 heterocycles. The van der Waals surface area contributed by atoms with Crippen molar-refractivity contribution in [2.45, 2.75) is 20.8 Å². The van der Waals surface area contributed by atoms with Crippen molar-refractivity contribution in [2.24, 2.45) is 0 Å². The molecule has 3 rings (SSSR count). The lowest BCUT2D eigenvalue weighted by Crippen LogP contribution is -2.08. The molecule has 2 aromatic heterocycles. The van der Waals surface area contributed by atoms with Gasteiger partial charge in [0.1, 0.15) is 5.82 Å². The van der Waals surface area contributed by atoms with Gasteiger partial charge in [-0.1, -0.05) is 30.3 Å². The van der Waals surface area contributed by atoms with Crippen LogP contribution in [0.4, 0.5) is 5.82 Å². The molecule has 106 valence electrons. The summed E-state index contributed by atoms with van der Waals surface area (Å²) in [5.41, 5.74) is 10.9. The summed E-state index contributed by atoms with van der Waals surface area (Å²) in [6.07, 6.45) is 0. The summed E-state index contributed by atoms with van der Waals surface area (Å²) in [6.45, 7) is 5.81. The average Bonchev–Trinajstić information content (AvgIpc) is 2.74. The highest BCUT2D eigenvalue weighted by molar-refractivity contribution is 5.77. The van der Waals surface area contributed by atoms with Gasteiger partial charge in [-0.3, -0.25) is 0 Å². The SMILES string of the molecule is Cc1cc(C)nc(-n2nc(C)c(-c3ccccc3)c2N)n1. The minimum atomic E-state index is 0.510. The van der Waals surface area contributed by atoms with E-state index in [1.165, 1.54) is 0 Å². The predicted molar refractivity (Wildman–Crippen MR) is 83.2 cm³/mol. The highest BCUT2D eigenvalue weighted by atomic mass is 15.4. The topological polar surface area (TPSA) is 69.6 Å². The van der Waals surface area contributed by atoms with E-state index in [-0.39, 0.29) is 0 Å². The fourth-order valence-electron chi connectivity index (χ4n) is 2.46. The molecule has 0 aliphatic carbocycles. The van der Waals surface area contributed by atoms with Crippen molar-refractivity contribution >= 4 is 5.82 Å². The molecular weight excluding hydrogens is 262 g/mol. The number of aromatic nitrogens is 4. The highest BCUT2D eigenvalue weighted by Crippen LogP contribution is 2.30. The summed E-state index contributed by atoms with van der Waals surface area (Å²) in [6, 6.07) is 11.9. The lowest BCUT2D eigenvalue weighted by atomic mass is 10.1. The normalized spacial score (nSPS) is 10.8. The van der Waals surface area contributed by atoms with Gasteiger partial charge in [0.25, 0.3) is 5.95 Å². The van der Waals surface area contributed by atoms with Crippen LogP contribution < -0.4 is 5.73 Å². The van der Waals surface area contributed by atoms with E-state index < -0.39 is 0 Å². The van der Waals surface area contributed by atoms with Crippen molar-refractivity contribution in [1.82, 2.24) is 19.7 Å². The van der Waals surface area contributed by atoms with E-state index in [1.807, 2.05) is 57.2 Å². The van der Waals surface area contributed by atoms with Crippen LogP contribution in [0.2, 0.25) is 0 Å². The zero-order valence-corrected chi connectivity index (χ0v) is 12.3. The van der Waals surface area contributed by atoms with E-state index in [4.69, 9.17) is 5.73 Å². The Hall–Kier alpha value is -2.69. The Kier molecular flexibility index (Phi) is 3.17. The van der Waals surface area contributed by atoms with Crippen molar-refractivity contribution in [2.75, 3.05) is 5.73 Å². The summed E-state index contributed by atoms with van der Waals surface area (Å²) >= 11 is 0. The first-order chi connectivity index (χ1) is 10.1. The maximum absolute atomic E-state index is 6.29. The number of nitrogens with two attached hydrogens (primary N) is 1. The molecule has 0 saturated heterocycles. The molecule has 0 bridgehead atoms. The second kappa shape index (κ2) is 5.01. The molecule has 0 amide bonds. The Bertz CT molecular complexity index is 770. The van der Waals surface area contributed by atoms with Crippen molar-refractivity contribution in [1.29, 1.82) is 0 Å². The van der Waals surface area contributed by atoms with Gasteiger partial charge >= 0.3 is 0 Å². The Morgan fingerprint density at radius 2 is 1.57 bits per heavy atom. The number of rotatable bonds is 2. The Balaban J connectivity index is 2.18. The molecule has 0 aliphatic heterocycles. The molecule has 0 unspecified atom stereocenters.